The fraction of sp³-hybridized carbons (Fsp3) is 0.280. The van der Waals surface area contributed by atoms with Crippen LogP contribution in [0.3, 0.4) is 0 Å². The average molecular weight is 538 g/mol. The molecule has 4 N–H and O–H groups in total. The third-order valence-electron chi connectivity index (χ3n) is 6.73. The molecule has 1 aliphatic carbocycles. The van der Waals surface area contributed by atoms with Gasteiger partial charge in [-0.05, 0) is 62.1 Å². The van der Waals surface area contributed by atoms with Gasteiger partial charge >= 0.3 is 11.9 Å². The smallest absolute Gasteiger partial charge is 0.382 e. The summed E-state index contributed by atoms with van der Waals surface area (Å²) in [6.07, 6.45) is 2.37. The van der Waals surface area contributed by atoms with Gasteiger partial charge in [0.2, 0.25) is 0 Å². The van der Waals surface area contributed by atoms with E-state index in [9.17, 15) is 22.8 Å². The summed E-state index contributed by atoms with van der Waals surface area (Å²) in [6, 6.07) is 7.38. The number of amides is 1. The van der Waals surface area contributed by atoms with Crippen LogP contribution in [0.5, 0.6) is 0 Å². The molecule has 0 spiro atoms. The second-order valence-corrected chi connectivity index (χ2v) is 9.11. The van der Waals surface area contributed by atoms with E-state index in [1.807, 2.05) is 6.19 Å². The van der Waals surface area contributed by atoms with E-state index in [1.54, 1.807) is 4.57 Å². The molecule has 14 heteroatoms. The van der Waals surface area contributed by atoms with Crippen LogP contribution in [0.4, 0.5) is 24.8 Å². The molecule has 1 aromatic carbocycles. The number of alkyl halides is 3. The number of hydrogen-bond donors (Lipinski definition) is 3. The summed E-state index contributed by atoms with van der Waals surface area (Å²) in [5.41, 5.74) is 6.08. The third kappa shape index (κ3) is 4.98. The Morgan fingerprint density at radius 1 is 1.08 bits per heavy atom. The quantitative estimate of drug-likeness (QED) is 0.258. The van der Waals surface area contributed by atoms with Gasteiger partial charge in [-0.2, -0.15) is 18.4 Å². The lowest BCUT2D eigenvalue weighted by molar-refractivity contribution is -0.137. The zero-order chi connectivity index (χ0) is 27.7. The maximum Gasteiger partial charge on any atom is 0.416 e. The average Bonchev–Trinajstić information content (AvgIpc) is 3.22. The van der Waals surface area contributed by atoms with Crippen molar-refractivity contribution in [2.24, 2.45) is 0 Å². The monoisotopic (exact) mass is 537 g/mol. The molecule has 1 fully saturated rings. The number of carbonyl (C=O) groups excluding carboxylic acids is 1. The molecule has 39 heavy (non-hydrogen) atoms. The van der Waals surface area contributed by atoms with E-state index in [0.717, 1.165) is 18.3 Å². The minimum atomic E-state index is -4.57. The second-order valence-electron chi connectivity index (χ2n) is 9.11. The van der Waals surface area contributed by atoms with Crippen molar-refractivity contribution in [3.05, 3.63) is 70.5 Å². The number of anilines is 2. The molecular formula is C25H22F3N9O2. The molecular weight excluding hydrogens is 515 g/mol. The van der Waals surface area contributed by atoms with Gasteiger partial charge in [0.25, 0.3) is 5.91 Å². The summed E-state index contributed by atoms with van der Waals surface area (Å²) in [5.74, 6) is -0.815. The van der Waals surface area contributed by atoms with Crippen LogP contribution < -0.4 is 22.1 Å². The summed E-state index contributed by atoms with van der Waals surface area (Å²) >= 11 is 0. The van der Waals surface area contributed by atoms with Crippen LogP contribution >= 0.6 is 0 Å². The van der Waals surface area contributed by atoms with E-state index in [1.165, 1.54) is 35.2 Å². The Morgan fingerprint density at radius 3 is 2.46 bits per heavy atom. The lowest BCUT2D eigenvalue weighted by atomic mass is 9.91. The predicted molar refractivity (Wildman–Crippen MR) is 135 cm³/mol. The van der Waals surface area contributed by atoms with Crippen molar-refractivity contribution in [3.63, 3.8) is 0 Å². The van der Waals surface area contributed by atoms with E-state index in [0.29, 0.717) is 42.5 Å². The number of nitrogen functional groups attached to an aromatic ring is 1. The highest BCUT2D eigenvalue weighted by molar-refractivity contribution is 6.03. The van der Waals surface area contributed by atoms with Gasteiger partial charge in [0.05, 0.1) is 11.3 Å². The molecule has 0 atom stereocenters. The number of nitriles is 1. The highest BCUT2D eigenvalue weighted by Crippen LogP contribution is 2.32. The maximum atomic E-state index is 13.7. The zero-order valence-electron chi connectivity index (χ0n) is 20.3. The molecule has 0 unspecified atom stereocenters. The largest absolute Gasteiger partial charge is 0.416 e. The van der Waals surface area contributed by atoms with Crippen LogP contribution in [0.15, 0.2) is 53.7 Å². The number of benzene rings is 1. The molecule has 1 amide bonds. The SMILES string of the molecule is N#CNC1CCC(n2c(=O)n(-c3ccc(C(=O)Nc4cc(C(F)(F)F)ccn4)cc3)c3c(N)ncnc32)CC1. The van der Waals surface area contributed by atoms with Gasteiger partial charge in [0, 0.05) is 23.8 Å². The molecule has 1 saturated carbocycles. The molecule has 1 aliphatic rings. The number of halogens is 3. The first kappa shape index (κ1) is 25.7. The van der Waals surface area contributed by atoms with E-state index >= 15 is 0 Å². The van der Waals surface area contributed by atoms with E-state index in [2.05, 4.69) is 25.6 Å². The number of carbonyl (C=O) groups is 1. The van der Waals surface area contributed by atoms with Gasteiger partial charge < -0.3 is 16.4 Å². The lowest BCUT2D eigenvalue weighted by Crippen LogP contribution is -2.34. The van der Waals surface area contributed by atoms with Crippen molar-refractivity contribution < 1.29 is 18.0 Å². The van der Waals surface area contributed by atoms with Gasteiger partial charge in [-0.3, -0.25) is 13.9 Å². The number of imidazole rings is 1. The number of aromatic nitrogens is 5. The summed E-state index contributed by atoms with van der Waals surface area (Å²) < 4.78 is 41.9. The first-order chi connectivity index (χ1) is 18.7. The Kier molecular flexibility index (Phi) is 6.65. The summed E-state index contributed by atoms with van der Waals surface area (Å²) in [4.78, 5) is 38.5. The number of rotatable bonds is 5. The topological polar surface area (TPSA) is 157 Å². The van der Waals surface area contributed by atoms with Crippen LogP contribution in [-0.2, 0) is 6.18 Å². The first-order valence-corrected chi connectivity index (χ1v) is 12.0. The predicted octanol–water partition coefficient (Wildman–Crippen LogP) is 3.38. The second kappa shape index (κ2) is 10.1. The van der Waals surface area contributed by atoms with Crippen LogP contribution in [0, 0.1) is 11.5 Å². The number of pyridine rings is 1. The fourth-order valence-electron chi connectivity index (χ4n) is 4.83. The minimum absolute atomic E-state index is 0.0554. The molecule has 200 valence electrons. The van der Waals surface area contributed by atoms with Crippen molar-refractivity contribution in [2.45, 2.75) is 43.9 Å². The van der Waals surface area contributed by atoms with Gasteiger partial charge in [-0.1, -0.05) is 0 Å². The maximum absolute atomic E-state index is 13.7. The van der Waals surface area contributed by atoms with E-state index in [-0.39, 0.29) is 35.0 Å². The zero-order valence-corrected chi connectivity index (χ0v) is 20.3. The molecule has 0 bridgehead atoms. The summed E-state index contributed by atoms with van der Waals surface area (Å²) in [6.45, 7) is 0. The van der Waals surface area contributed by atoms with Gasteiger partial charge in [0.15, 0.2) is 17.7 Å². The van der Waals surface area contributed by atoms with Crippen molar-refractivity contribution in [1.29, 1.82) is 5.26 Å². The first-order valence-electron chi connectivity index (χ1n) is 12.0. The third-order valence-corrected chi connectivity index (χ3v) is 6.73. The Balaban J connectivity index is 1.45. The van der Waals surface area contributed by atoms with Crippen LogP contribution in [0.1, 0.15) is 47.6 Å². The fourth-order valence-corrected chi connectivity index (χ4v) is 4.83. The van der Waals surface area contributed by atoms with Crippen LogP contribution in [-0.4, -0.2) is 36.0 Å². The normalized spacial score (nSPS) is 17.5. The highest BCUT2D eigenvalue weighted by Gasteiger charge is 2.31. The number of hydrogen-bond acceptors (Lipinski definition) is 8. The van der Waals surface area contributed by atoms with E-state index in [4.69, 9.17) is 11.0 Å². The van der Waals surface area contributed by atoms with Gasteiger partial charge in [-0.25, -0.2) is 19.7 Å². The Bertz CT molecular complexity index is 1630. The van der Waals surface area contributed by atoms with Gasteiger partial charge in [0.1, 0.15) is 17.7 Å². The van der Waals surface area contributed by atoms with Crippen molar-refractivity contribution in [2.75, 3.05) is 11.1 Å². The molecule has 11 nitrogen and oxygen atoms in total. The standard InChI is InChI=1S/C25H22F3N9O2/c26-25(27,28)15-9-10-31-19(11-15)35-23(38)14-1-5-17(6-2-14)36-20-21(30)33-13-34-22(20)37(24(36)39)18-7-3-16(4-8-18)32-12-29/h1-2,5-6,9-11,13,16,18,32H,3-4,7-8H2,(H2,30,33,34)(H,31,35,38). The number of nitrogens with one attached hydrogen (secondary N) is 2. The molecule has 3 heterocycles. The number of nitrogens with zero attached hydrogens (tertiary/aromatic N) is 6. The molecule has 0 aliphatic heterocycles. The molecule has 0 saturated heterocycles. The molecule has 4 aromatic rings. The van der Waals surface area contributed by atoms with Crippen molar-refractivity contribution in [1.82, 2.24) is 29.4 Å². The van der Waals surface area contributed by atoms with Crippen LogP contribution in [0.2, 0.25) is 0 Å². The lowest BCUT2D eigenvalue weighted by Gasteiger charge is -2.28. The highest BCUT2D eigenvalue weighted by atomic mass is 19.4. The minimum Gasteiger partial charge on any atom is -0.382 e. The Labute approximate surface area is 219 Å². The van der Waals surface area contributed by atoms with Crippen molar-refractivity contribution >= 4 is 28.7 Å². The van der Waals surface area contributed by atoms with Crippen molar-refractivity contribution in [3.8, 4) is 11.9 Å². The van der Waals surface area contributed by atoms with Crippen LogP contribution in [0.25, 0.3) is 16.9 Å². The number of nitrogens with two attached hydrogens (primary N) is 1. The Hall–Kier alpha value is -4.93. The van der Waals surface area contributed by atoms with E-state index < -0.39 is 17.6 Å². The summed E-state index contributed by atoms with van der Waals surface area (Å²) in [5, 5.41) is 14.0. The summed E-state index contributed by atoms with van der Waals surface area (Å²) in [7, 11) is 0. The molecule has 0 radical (unpaired) electrons. The molecule has 3 aromatic heterocycles. The van der Waals surface area contributed by atoms with Gasteiger partial charge in [-0.15, -0.1) is 0 Å². The molecule has 5 rings (SSSR count). The Morgan fingerprint density at radius 2 is 1.79 bits per heavy atom. The number of fused-ring (bicyclic) bond motifs is 1.